The van der Waals surface area contributed by atoms with E-state index >= 15 is 0 Å². The standard InChI is InChI=1S/C15H20OS/c1-3-4-5-6-7-8-13-17(16)15-11-9-14(2)10-12-15/h6-13H,3-5H2,1-2H3/b7-6-,13-8+. The predicted octanol–water partition coefficient (Wildman–Crippen LogP) is 4.36. The average Bonchev–Trinajstić information content (AvgIpc) is 2.34. The topological polar surface area (TPSA) is 17.1 Å². The van der Waals surface area contributed by atoms with Crippen LogP contribution in [0.3, 0.4) is 0 Å². The highest BCUT2D eigenvalue weighted by Crippen LogP contribution is 2.09. The van der Waals surface area contributed by atoms with Crippen LogP contribution in [0, 0.1) is 6.92 Å². The minimum Gasteiger partial charge on any atom is -0.250 e. The summed E-state index contributed by atoms with van der Waals surface area (Å²) in [7, 11) is -1.03. The first kappa shape index (κ1) is 13.9. The van der Waals surface area contributed by atoms with Gasteiger partial charge >= 0.3 is 0 Å². The maximum atomic E-state index is 11.8. The third-order valence-electron chi connectivity index (χ3n) is 2.43. The number of aryl methyl sites for hydroxylation is 1. The van der Waals surface area contributed by atoms with Gasteiger partial charge in [-0.2, -0.15) is 0 Å². The highest BCUT2D eigenvalue weighted by molar-refractivity contribution is 7.88. The smallest absolute Gasteiger partial charge is 0.0775 e. The van der Waals surface area contributed by atoms with Crippen molar-refractivity contribution in [2.75, 3.05) is 0 Å². The van der Waals surface area contributed by atoms with Crippen LogP contribution < -0.4 is 0 Å². The molecule has 0 aliphatic heterocycles. The molecule has 0 aromatic heterocycles. The molecule has 1 aromatic rings. The van der Waals surface area contributed by atoms with Gasteiger partial charge in [0.2, 0.25) is 0 Å². The zero-order valence-corrected chi connectivity index (χ0v) is 11.4. The minimum absolute atomic E-state index is 0.855. The molecular formula is C15H20OS. The molecule has 1 nitrogen and oxygen atoms in total. The van der Waals surface area contributed by atoms with Gasteiger partial charge in [-0.1, -0.05) is 55.7 Å². The van der Waals surface area contributed by atoms with Crippen LogP contribution in [0.4, 0.5) is 0 Å². The number of benzene rings is 1. The second kappa shape index (κ2) is 8.02. The van der Waals surface area contributed by atoms with Crippen LogP contribution >= 0.6 is 0 Å². The Hall–Kier alpha value is -1.15. The lowest BCUT2D eigenvalue weighted by molar-refractivity contribution is 0.688. The summed E-state index contributed by atoms with van der Waals surface area (Å²) < 4.78 is 11.8. The molecule has 0 radical (unpaired) electrons. The van der Waals surface area contributed by atoms with E-state index in [9.17, 15) is 4.21 Å². The molecule has 0 saturated heterocycles. The predicted molar refractivity (Wildman–Crippen MR) is 75.4 cm³/mol. The summed E-state index contributed by atoms with van der Waals surface area (Å²) in [5.74, 6) is 0. The molecule has 0 aliphatic carbocycles. The van der Waals surface area contributed by atoms with Crippen LogP contribution in [-0.2, 0) is 10.8 Å². The Morgan fingerprint density at radius 1 is 1.18 bits per heavy atom. The molecule has 0 spiro atoms. The van der Waals surface area contributed by atoms with Gasteiger partial charge in [0.25, 0.3) is 0 Å². The summed E-state index contributed by atoms with van der Waals surface area (Å²) in [6.07, 6.45) is 9.48. The fraction of sp³-hybridized carbons (Fsp3) is 0.333. The fourth-order valence-electron chi connectivity index (χ4n) is 1.36. The molecule has 0 aliphatic rings. The van der Waals surface area contributed by atoms with Crippen molar-refractivity contribution in [3.63, 3.8) is 0 Å². The van der Waals surface area contributed by atoms with Gasteiger partial charge in [0.1, 0.15) is 0 Å². The van der Waals surface area contributed by atoms with Crippen LogP contribution in [0.2, 0.25) is 0 Å². The normalized spacial score (nSPS) is 13.5. The van der Waals surface area contributed by atoms with Crippen molar-refractivity contribution >= 4 is 10.8 Å². The Morgan fingerprint density at radius 3 is 2.53 bits per heavy atom. The van der Waals surface area contributed by atoms with Crippen molar-refractivity contribution in [2.45, 2.75) is 38.0 Å². The van der Waals surface area contributed by atoms with Crippen LogP contribution in [0.1, 0.15) is 31.7 Å². The zero-order valence-electron chi connectivity index (χ0n) is 10.6. The van der Waals surface area contributed by atoms with Crippen LogP contribution in [0.25, 0.3) is 0 Å². The maximum absolute atomic E-state index is 11.8. The number of rotatable bonds is 6. The van der Waals surface area contributed by atoms with Gasteiger partial charge in [-0.25, -0.2) is 4.21 Å². The first-order chi connectivity index (χ1) is 8.24. The summed E-state index contributed by atoms with van der Waals surface area (Å²) in [6.45, 7) is 4.20. The zero-order chi connectivity index (χ0) is 12.5. The van der Waals surface area contributed by atoms with Crippen LogP contribution in [0.15, 0.2) is 52.8 Å². The first-order valence-electron chi connectivity index (χ1n) is 6.04. The second-order valence-electron chi connectivity index (χ2n) is 4.01. The number of unbranched alkanes of at least 4 members (excludes halogenated alkanes) is 2. The summed E-state index contributed by atoms with van der Waals surface area (Å²) in [4.78, 5) is 0.855. The first-order valence-corrected chi connectivity index (χ1v) is 7.26. The number of allylic oxidation sites excluding steroid dienone is 3. The molecule has 0 saturated carbocycles. The SMILES string of the molecule is CCCC/C=C\C=C\S(=O)c1ccc(C)cc1. The molecule has 1 unspecified atom stereocenters. The Balaban J connectivity index is 2.46. The molecule has 92 valence electrons. The Morgan fingerprint density at radius 2 is 1.88 bits per heavy atom. The van der Waals surface area contributed by atoms with Crippen molar-refractivity contribution in [3.05, 3.63) is 53.5 Å². The van der Waals surface area contributed by atoms with Gasteiger partial charge in [0.15, 0.2) is 0 Å². The van der Waals surface area contributed by atoms with Gasteiger partial charge in [-0.15, -0.1) is 0 Å². The average molecular weight is 248 g/mol. The molecule has 0 heterocycles. The quantitative estimate of drug-likeness (QED) is 0.540. The van der Waals surface area contributed by atoms with E-state index in [4.69, 9.17) is 0 Å². The molecular weight excluding hydrogens is 228 g/mol. The molecule has 0 amide bonds. The monoisotopic (exact) mass is 248 g/mol. The number of hydrogen-bond acceptors (Lipinski definition) is 1. The maximum Gasteiger partial charge on any atom is 0.0775 e. The summed E-state index contributed by atoms with van der Waals surface area (Å²) in [5, 5.41) is 1.73. The van der Waals surface area contributed by atoms with Gasteiger partial charge in [-0.05, 0) is 25.5 Å². The second-order valence-corrected chi connectivity index (χ2v) is 5.35. The minimum atomic E-state index is -1.03. The van der Waals surface area contributed by atoms with E-state index in [1.807, 2.05) is 43.3 Å². The highest BCUT2D eigenvalue weighted by atomic mass is 32.2. The Kier molecular flexibility index (Phi) is 6.56. The summed E-state index contributed by atoms with van der Waals surface area (Å²) >= 11 is 0. The summed E-state index contributed by atoms with van der Waals surface area (Å²) in [6, 6.07) is 7.80. The molecule has 0 bridgehead atoms. The van der Waals surface area contributed by atoms with Crippen molar-refractivity contribution in [2.24, 2.45) is 0 Å². The van der Waals surface area contributed by atoms with E-state index in [2.05, 4.69) is 13.0 Å². The van der Waals surface area contributed by atoms with Crippen molar-refractivity contribution in [1.29, 1.82) is 0 Å². The third-order valence-corrected chi connectivity index (χ3v) is 3.57. The van der Waals surface area contributed by atoms with E-state index in [1.54, 1.807) is 5.41 Å². The molecule has 0 fully saturated rings. The van der Waals surface area contributed by atoms with E-state index < -0.39 is 10.8 Å². The van der Waals surface area contributed by atoms with E-state index in [0.717, 1.165) is 11.3 Å². The largest absolute Gasteiger partial charge is 0.250 e. The lowest BCUT2D eigenvalue weighted by Gasteiger charge is -1.96. The molecule has 2 heteroatoms. The van der Waals surface area contributed by atoms with Gasteiger partial charge < -0.3 is 0 Å². The van der Waals surface area contributed by atoms with E-state index in [-0.39, 0.29) is 0 Å². The fourth-order valence-corrected chi connectivity index (χ4v) is 2.16. The van der Waals surface area contributed by atoms with Crippen molar-refractivity contribution < 1.29 is 4.21 Å². The van der Waals surface area contributed by atoms with Crippen LogP contribution in [-0.4, -0.2) is 4.21 Å². The van der Waals surface area contributed by atoms with Gasteiger partial charge in [0, 0.05) is 10.3 Å². The molecule has 17 heavy (non-hydrogen) atoms. The lowest BCUT2D eigenvalue weighted by Crippen LogP contribution is -1.85. The van der Waals surface area contributed by atoms with Gasteiger partial charge in [-0.3, -0.25) is 0 Å². The molecule has 1 rings (SSSR count). The van der Waals surface area contributed by atoms with Crippen molar-refractivity contribution in [1.82, 2.24) is 0 Å². The highest BCUT2D eigenvalue weighted by Gasteiger charge is 1.97. The third kappa shape index (κ3) is 5.64. The van der Waals surface area contributed by atoms with E-state index in [0.29, 0.717) is 0 Å². The Bertz CT molecular complexity index is 401. The molecule has 1 aromatic carbocycles. The van der Waals surface area contributed by atoms with E-state index in [1.165, 1.54) is 18.4 Å². The number of hydrogen-bond donors (Lipinski definition) is 0. The lowest BCUT2D eigenvalue weighted by atomic mass is 10.2. The molecule has 0 N–H and O–H groups in total. The Labute approximate surface area is 107 Å². The molecule has 1 atom stereocenters. The van der Waals surface area contributed by atoms with Gasteiger partial charge in [0.05, 0.1) is 10.8 Å². The summed E-state index contributed by atoms with van der Waals surface area (Å²) in [5.41, 5.74) is 1.19. The van der Waals surface area contributed by atoms with Crippen LogP contribution in [0.5, 0.6) is 0 Å². The van der Waals surface area contributed by atoms with Crippen molar-refractivity contribution in [3.8, 4) is 0 Å².